The molecular formula is C14H8F5NO. The lowest BCUT2D eigenvalue weighted by Gasteiger charge is -2.09. The summed E-state index contributed by atoms with van der Waals surface area (Å²) in [6, 6.07) is 5.08. The third-order valence-electron chi connectivity index (χ3n) is 2.84. The van der Waals surface area contributed by atoms with Gasteiger partial charge in [-0.3, -0.25) is 4.79 Å². The predicted molar refractivity (Wildman–Crippen MR) is 65.3 cm³/mol. The van der Waals surface area contributed by atoms with Crippen LogP contribution < -0.4 is 5.73 Å². The summed E-state index contributed by atoms with van der Waals surface area (Å²) in [6.07, 6.45) is -4.53. The van der Waals surface area contributed by atoms with Crippen molar-refractivity contribution in [3.63, 3.8) is 0 Å². The van der Waals surface area contributed by atoms with Gasteiger partial charge in [0, 0.05) is 11.1 Å². The minimum absolute atomic E-state index is 0.00231. The molecule has 2 N–H and O–H groups in total. The highest BCUT2D eigenvalue weighted by atomic mass is 19.4. The number of rotatable bonds is 2. The van der Waals surface area contributed by atoms with E-state index in [0.717, 1.165) is 30.3 Å². The molecule has 21 heavy (non-hydrogen) atoms. The second-order valence-corrected chi connectivity index (χ2v) is 4.26. The monoisotopic (exact) mass is 301 g/mol. The summed E-state index contributed by atoms with van der Waals surface area (Å²) < 4.78 is 64.4. The Kier molecular flexibility index (Phi) is 3.67. The molecule has 1 amide bonds. The fourth-order valence-electron chi connectivity index (χ4n) is 1.78. The van der Waals surface area contributed by atoms with E-state index >= 15 is 0 Å². The zero-order valence-electron chi connectivity index (χ0n) is 10.3. The van der Waals surface area contributed by atoms with Crippen molar-refractivity contribution in [2.24, 2.45) is 5.73 Å². The van der Waals surface area contributed by atoms with Crippen LogP contribution in [0.1, 0.15) is 15.9 Å². The minimum Gasteiger partial charge on any atom is -0.366 e. The van der Waals surface area contributed by atoms with E-state index < -0.39 is 29.3 Å². The van der Waals surface area contributed by atoms with Gasteiger partial charge in [0.05, 0.1) is 5.56 Å². The molecule has 0 unspecified atom stereocenters. The number of hydrogen-bond acceptors (Lipinski definition) is 1. The van der Waals surface area contributed by atoms with Gasteiger partial charge in [0.2, 0.25) is 5.91 Å². The molecule has 0 atom stereocenters. The summed E-state index contributed by atoms with van der Waals surface area (Å²) in [5.41, 5.74) is 3.46. The molecule has 0 radical (unpaired) electrons. The van der Waals surface area contributed by atoms with Crippen LogP contribution in [0.5, 0.6) is 0 Å². The first-order valence-corrected chi connectivity index (χ1v) is 5.66. The van der Waals surface area contributed by atoms with Crippen molar-refractivity contribution >= 4 is 5.91 Å². The van der Waals surface area contributed by atoms with Crippen LogP contribution in [0.2, 0.25) is 0 Å². The molecule has 2 aromatic carbocycles. The van der Waals surface area contributed by atoms with Crippen molar-refractivity contribution in [1.29, 1.82) is 0 Å². The maximum absolute atomic E-state index is 13.7. The fraction of sp³-hybridized carbons (Fsp3) is 0.0714. The Morgan fingerprint density at radius 2 is 1.57 bits per heavy atom. The molecule has 0 fully saturated rings. The Morgan fingerprint density at radius 1 is 1.00 bits per heavy atom. The Labute approximate surface area is 116 Å². The van der Waals surface area contributed by atoms with E-state index in [1.807, 2.05) is 0 Å². The quantitative estimate of drug-likeness (QED) is 0.843. The Balaban J connectivity index is 2.54. The van der Waals surface area contributed by atoms with Crippen molar-refractivity contribution in [3.05, 3.63) is 59.2 Å². The lowest BCUT2D eigenvalue weighted by molar-refractivity contribution is -0.137. The SMILES string of the molecule is NC(=O)c1cc(F)c(F)c(-c2ccc(C(F)(F)F)cc2)c1. The highest BCUT2D eigenvalue weighted by Gasteiger charge is 2.30. The largest absolute Gasteiger partial charge is 0.416 e. The van der Waals surface area contributed by atoms with Gasteiger partial charge in [-0.2, -0.15) is 13.2 Å². The van der Waals surface area contributed by atoms with Crippen LogP contribution in [0, 0.1) is 11.6 Å². The maximum Gasteiger partial charge on any atom is 0.416 e. The summed E-state index contributed by atoms with van der Waals surface area (Å²) in [7, 11) is 0. The van der Waals surface area contributed by atoms with Crippen molar-refractivity contribution in [2.45, 2.75) is 6.18 Å². The highest BCUT2D eigenvalue weighted by Crippen LogP contribution is 2.32. The van der Waals surface area contributed by atoms with Gasteiger partial charge in [-0.15, -0.1) is 0 Å². The summed E-state index contributed by atoms with van der Waals surface area (Å²) in [5.74, 6) is -3.54. The Bertz CT molecular complexity index is 692. The third-order valence-corrected chi connectivity index (χ3v) is 2.84. The molecule has 2 rings (SSSR count). The maximum atomic E-state index is 13.7. The van der Waals surface area contributed by atoms with Gasteiger partial charge in [0.25, 0.3) is 0 Å². The number of carbonyl (C=O) groups excluding carboxylic acids is 1. The second kappa shape index (κ2) is 5.16. The summed E-state index contributed by atoms with van der Waals surface area (Å²) in [5, 5.41) is 0. The molecule has 7 heteroatoms. The lowest BCUT2D eigenvalue weighted by atomic mass is 10.0. The first-order valence-electron chi connectivity index (χ1n) is 5.66. The van der Waals surface area contributed by atoms with E-state index in [1.54, 1.807) is 0 Å². The molecule has 0 bridgehead atoms. The molecule has 0 aliphatic heterocycles. The third kappa shape index (κ3) is 3.01. The topological polar surface area (TPSA) is 43.1 Å². The first-order chi connectivity index (χ1) is 9.70. The molecule has 2 nitrogen and oxygen atoms in total. The van der Waals surface area contributed by atoms with Gasteiger partial charge in [-0.25, -0.2) is 8.78 Å². The van der Waals surface area contributed by atoms with Gasteiger partial charge < -0.3 is 5.73 Å². The fourth-order valence-corrected chi connectivity index (χ4v) is 1.78. The molecule has 0 aliphatic carbocycles. The van der Waals surface area contributed by atoms with Crippen molar-refractivity contribution in [2.75, 3.05) is 0 Å². The lowest BCUT2D eigenvalue weighted by Crippen LogP contribution is -2.12. The van der Waals surface area contributed by atoms with Gasteiger partial charge >= 0.3 is 6.18 Å². The summed E-state index contributed by atoms with van der Waals surface area (Å²) in [6.45, 7) is 0. The van der Waals surface area contributed by atoms with E-state index in [4.69, 9.17) is 5.73 Å². The number of hydrogen-bond donors (Lipinski definition) is 1. The molecule has 110 valence electrons. The van der Waals surface area contributed by atoms with Gasteiger partial charge in [-0.1, -0.05) is 12.1 Å². The zero-order valence-corrected chi connectivity index (χ0v) is 10.3. The van der Waals surface area contributed by atoms with Crippen LogP contribution >= 0.6 is 0 Å². The molecule has 0 heterocycles. The summed E-state index contributed by atoms with van der Waals surface area (Å²) >= 11 is 0. The van der Waals surface area contributed by atoms with Crippen LogP contribution in [-0.2, 0) is 6.18 Å². The summed E-state index contributed by atoms with van der Waals surface area (Å²) in [4.78, 5) is 11.0. The van der Waals surface area contributed by atoms with E-state index in [9.17, 15) is 26.7 Å². The van der Waals surface area contributed by atoms with E-state index in [-0.39, 0.29) is 16.7 Å². The van der Waals surface area contributed by atoms with Gasteiger partial charge in [0.15, 0.2) is 11.6 Å². The molecule has 0 aromatic heterocycles. The van der Waals surface area contributed by atoms with Gasteiger partial charge in [-0.05, 0) is 29.8 Å². The van der Waals surface area contributed by atoms with Crippen LogP contribution in [-0.4, -0.2) is 5.91 Å². The number of primary amides is 1. The van der Waals surface area contributed by atoms with Crippen LogP contribution in [0.15, 0.2) is 36.4 Å². The smallest absolute Gasteiger partial charge is 0.366 e. The predicted octanol–water partition coefficient (Wildman–Crippen LogP) is 3.75. The first kappa shape index (κ1) is 15.0. The number of amides is 1. The van der Waals surface area contributed by atoms with Crippen LogP contribution in [0.3, 0.4) is 0 Å². The second-order valence-electron chi connectivity index (χ2n) is 4.26. The molecule has 2 aromatic rings. The van der Waals surface area contributed by atoms with Crippen molar-refractivity contribution < 1.29 is 26.7 Å². The molecule has 0 aliphatic rings. The molecular weight excluding hydrogens is 293 g/mol. The van der Waals surface area contributed by atoms with E-state index in [0.29, 0.717) is 6.07 Å². The van der Waals surface area contributed by atoms with Gasteiger partial charge in [0.1, 0.15) is 0 Å². The highest BCUT2D eigenvalue weighted by molar-refractivity contribution is 5.94. The Hall–Kier alpha value is -2.44. The number of alkyl halides is 3. The van der Waals surface area contributed by atoms with Crippen LogP contribution in [0.4, 0.5) is 22.0 Å². The average molecular weight is 301 g/mol. The standard InChI is InChI=1S/C14H8F5NO/c15-11-6-8(13(20)21)5-10(12(11)16)7-1-3-9(4-2-7)14(17,18)19/h1-6H,(H2,20,21). The normalized spacial score (nSPS) is 11.5. The Morgan fingerprint density at radius 3 is 2.05 bits per heavy atom. The number of benzene rings is 2. The number of halogens is 5. The minimum atomic E-state index is -4.53. The van der Waals surface area contributed by atoms with Crippen LogP contribution in [0.25, 0.3) is 11.1 Å². The molecule has 0 saturated carbocycles. The van der Waals surface area contributed by atoms with E-state index in [1.165, 1.54) is 0 Å². The van der Waals surface area contributed by atoms with Crippen molar-refractivity contribution in [3.8, 4) is 11.1 Å². The number of nitrogens with two attached hydrogens (primary N) is 1. The molecule has 0 spiro atoms. The van der Waals surface area contributed by atoms with E-state index in [2.05, 4.69) is 0 Å². The zero-order chi connectivity index (χ0) is 15.8. The number of carbonyl (C=O) groups is 1. The molecule has 0 saturated heterocycles. The average Bonchev–Trinajstić information content (AvgIpc) is 2.40. The van der Waals surface area contributed by atoms with Crippen molar-refractivity contribution in [1.82, 2.24) is 0 Å².